The van der Waals surface area contributed by atoms with Crippen LogP contribution in [-0.4, -0.2) is 49.7 Å². The van der Waals surface area contributed by atoms with Crippen molar-refractivity contribution in [1.82, 2.24) is 14.5 Å². The molecule has 174 valence electrons. The molecule has 32 heavy (non-hydrogen) atoms. The van der Waals surface area contributed by atoms with Crippen LogP contribution >= 0.6 is 0 Å². The van der Waals surface area contributed by atoms with Gasteiger partial charge in [0.15, 0.2) is 0 Å². The highest BCUT2D eigenvalue weighted by Gasteiger charge is 2.25. The molecule has 0 aliphatic carbocycles. The minimum Gasteiger partial charge on any atom is -0.348 e. The molecule has 0 atom stereocenters. The Labute approximate surface area is 192 Å². The Morgan fingerprint density at radius 3 is 2.16 bits per heavy atom. The lowest BCUT2D eigenvalue weighted by Crippen LogP contribution is -2.32. The first-order chi connectivity index (χ1) is 15.3. The van der Waals surface area contributed by atoms with E-state index in [4.69, 9.17) is 0 Å². The van der Waals surface area contributed by atoms with Gasteiger partial charge >= 0.3 is 0 Å². The van der Waals surface area contributed by atoms with Crippen LogP contribution in [0.4, 0.5) is 0 Å². The van der Waals surface area contributed by atoms with Gasteiger partial charge in [-0.2, -0.15) is 4.31 Å². The Balaban J connectivity index is 1.65. The van der Waals surface area contributed by atoms with E-state index in [1.807, 2.05) is 18.2 Å². The number of hydrogen-bond donors (Lipinski definition) is 1. The molecule has 0 saturated carbocycles. The Kier molecular flexibility index (Phi) is 8.45. The van der Waals surface area contributed by atoms with Crippen LogP contribution in [0.25, 0.3) is 0 Å². The average Bonchev–Trinajstić information content (AvgIpc) is 3.08. The zero-order valence-electron chi connectivity index (χ0n) is 19.4. The smallest absolute Gasteiger partial charge is 0.251 e. The number of nitrogens with zero attached hydrogens (tertiary/aromatic N) is 2. The highest BCUT2D eigenvalue weighted by molar-refractivity contribution is 7.89. The molecule has 7 heteroatoms. The third-order valence-electron chi connectivity index (χ3n) is 6.18. The summed E-state index contributed by atoms with van der Waals surface area (Å²) in [4.78, 5) is 15.2. The van der Waals surface area contributed by atoms with Crippen molar-refractivity contribution >= 4 is 15.9 Å². The maximum atomic E-state index is 12.9. The van der Waals surface area contributed by atoms with Gasteiger partial charge in [-0.05, 0) is 69.1 Å². The Morgan fingerprint density at radius 1 is 0.969 bits per heavy atom. The van der Waals surface area contributed by atoms with E-state index < -0.39 is 10.0 Å². The number of rotatable bonds is 8. The second kappa shape index (κ2) is 11.1. The molecule has 1 saturated heterocycles. The number of hydrogen-bond acceptors (Lipinski definition) is 4. The van der Waals surface area contributed by atoms with E-state index in [9.17, 15) is 13.2 Å². The SMILES string of the molecule is CC(C)N(C)Cc1ccccc1CNC(=O)c1ccc(S(=O)(=O)N2CCCCCC2)cc1. The van der Waals surface area contributed by atoms with Gasteiger partial charge in [-0.15, -0.1) is 0 Å². The van der Waals surface area contributed by atoms with Gasteiger partial charge in [-0.3, -0.25) is 9.69 Å². The molecule has 1 heterocycles. The summed E-state index contributed by atoms with van der Waals surface area (Å²) in [5.74, 6) is -0.212. The zero-order valence-corrected chi connectivity index (χ0v) is 20.2. The molecule has 1 N–H and O–H groups in total. The summed E-state index contributed by atoms with van der Waals surface area (Å²) < 4.78 is 27.4. The van der Waals surface area contributed by atoms with E-state index in [0.717, 1.165) is 37.8 Å². The summed E-state index contributed by atoms with van der Waals surface area (Å²) in [6, 6.07) is 14.8. The molecular weight excluding hydrogens is 422 g/mol. The lowest BCUT2D eigenvalue weighted by atomic mass is 10.1. The lowest BCUT2D eigenvalue weighted by molar-refractivity contribution is 0.0950. The third-order valence-corrected chi connectivity index (χ3v) is 8.09. The van der Waals surface area contributed by atoms with Crippen molar-refractivity contribution in [3.63, 3.8) is 0 Å². The Morgan fingerprint density at radius 2 is 1.56 bits per heavy atom. The second-order valence-corrected chi connectivity index (χ2v) is 10.7. The molecular formula is C25H35N3O3S. The van der Waals surface area contributed by atoms with Gasteiger partial charge in [0.2, 0.25) is 10.0 Å². The molecule has 0 spiro atoms. The van der Waals surface area contributed by atoms with E-state index in [1.165, 1.54) is 5.56 Å². The Bertz CT molecular complexity index is 995. The van der Waals surface area contributed by atoms with Crippen LogP contribution in [-0.2, 0) is 23.1 Å². The van der Waals surface area contributed by atoms with Crippen molar-refractivity contribution in [3.8, 4) is 0 Å². The van der Waals surface area contributed by atoms with Gasteiger partial charge in [-0.1, -0.05) is 37.1 Å². The molecule has 0 bridgehead atoms. The minimum atomic E-state index is -3.51. The highest BCUT2D eigenvalue weighted by Crippen LogP contribution is 2.21. The van der Waals surface area contributed by atoms with Crippen LogP contribution in [0.5, 0.6) is 0 Å². The number of amides is 1. The van der Waals surface area contributed by atoms with E-state index in [0.29, 0.717) is 31.2 Å². The normalized spacial score (nSPS) is 15.7. The summed E-state index contributed by atoms with van der Waals surface area (Å²) in [5.41, 5.74) is 2.72. The molecule has 0 radical (unpaired) electrons. The summed E-state index contributed by atoms with van der Waals surface area (Å²) in [5, 5.41) is 2.97. The van der Waals surface area contributed by atoms with Crippen molar-refractivity contribution in [3.05, 3.63) is 65.2 Å². The van der Waals surface area contributed by atoms with Crippen molar-refractivity contribution in [1.29, 1.82) is 0 Å². The number of carbonyl (C=O) groups excluding carboxylic acids is 1. The molecule has 1 aliphatic rings. The first-order valence-corrected chi connectivity index (χ1v) is 12.9. The fraction of sp³-hybridized carbons (Fsp3) is 0.480. The van der Waals surface area contributed by atoms with Crippen LogP contribution in [0.3, 0.4) is 0 Å². The van der Waals surface area contributed by atoms with Crippen molar-refractivity contribution < 1.29 is 13.2 Å². The summed E-state index contributed by atoms with van der Waals surface area (Å²) in [6.07, 6.45) is 3.94. The summed E-state index contributed by atoms with van der Waals surface area (Å²) in [7, 11) is -1.43. The fourth-order valence-electron chi connectivity index (χ4n) is 3.82. The molecule has 1 amide bonds. The van der Waals surface area contributed by atoms with Crippen molar-refractivity contribution in [2.45, 2.75) is 63.6 Å². The maximum absolute atomic E-state index is 12.9. The first-order valence-electron chi connectivity index (χ1n) is 11.4. The van der Waals surface area contributed by atoms with E-state index in [-0.39, 0.29) is 10.8 Å². The molecule has 0 aromatic heterocycles. The number of carbonyl (C=O) groups is 1. The molecule has 2 aromatic carbocycles. The van der Waals surface area contributed by atoms with Gasteiger partial charge in [0.05, 0.1) is 4.90 Å². The zero-order chi connectivity index (χ0) is 23.1. The van der Waals surface area contributed by atoms with Crippen molar-refractivity contribution in [2.75, 3.05) is 20.1 Å². The summed E-state index contributed by atoms with van der Waals surface area (Å²) >= 11 is 0. The van der Waals surface area contributed by atoms with Gasteiger partial charge in [0.1, 0.15) is 0 Å². The van der Waals surface area contributed by atoms with Crippen LogP contribution in [0.15, 0.2) is 53.4 Å². The Hall–Kier alpha value is -2.22. The predicted octanol–water partition coefficient (Wildman–Crippen LogP) is 4.02. The predicted molar refractivity (Wildman–Crippen MR) is 128 cm³/mol. The highest BCUT2D eigenvalue weighted by atomic mass is 32.2. The van der Waals surface area contributed by atoms with Crippen LogP contribution < -0.4 is 5.32 Å². The number of nitrogens with one attached hydrogen (secondary N) is 1. The quantitative estimate of drug-likeness (QED) is 0.650. The van der Waals surface area contributed by atoms with E-state index in [1.54, 1.807) is 28.6 Å². The molecule has 6 nitrogen and oxygen atoms in total. The van der Waals surface area contributed by atoms with Crippen LogP contribution in [0.1, 0.15) is 61.0 Å². The van der Waals surface area contributed by atoms with Crippen LogP contribution in [0.2, 0.25) is 0 Å². The maximum Gasteiger partial charge on any atom is 0.251 e. The molecule has 3 rings (SSSR count). The van der Waals surface area contributed by atoms with Crippen LogP contribution in [0, 0.1) is 0 Å². The molecule has 0 unspecified atom stereocenters. The largest absolute Gasteiger partial charge is 0.348 e. The summed E-state index contributed by atoms with van der Waals surface area (Å²) in [6.45, 7) is 6.68. The van der Waals surface area contributed by atoms with Gasteiger partial charge < -0.3 is 5.32 Å². The fourth-order valence-corrected chi connectivity index (χ4v) is 5.34. The van der Waals surface area contributed by atoms with Gasteiger partial charge in [0, 0.05) is 37.8 Å². The standard InChI is InChI=1S/C25H35N3O3S/c1-20(2)27(3)19-23-11-7-6-10-22(23)18-26-25(29)21-12-14-24(15-13-21)32(30,31)28-16-8-4-5-9-17-28/h6-7,10-15,20H,4-5,8-9,16-19H2,1-3H3,(H,26,29). The van der Waals surface area contributed by atoms with E-state index >= 15 is 0 Å². The van der Waals surface area contributed by atoms with Crippen molar-refractivity contribution in [2.24, 2.45) is 0 Å². The minimum absolute atomic E-state index is 0.212. The third kappa shape index (κ3) is 6.18. The van der Waals surface area contributed by atoms with Gasteiger partial charge in [0.25, 0.3) is 5.91 Å². The lowest BCUT2D eigenvalue weighted by Gasteiger charge is -2.22. The molecule has 1 aliphatic heterocycles. The molecule has 2 aromatic rings. The molecule has 1 fully saturated rings. The average molecular weight is 458 g/mol. The topological polar surface area (TPSA) is 69.7 Å². The number of sulfonamides is 1. The van der Waals surface area contributed by atoms with Gasteiger partial charge in [-0.25, -0.2) is 8.42 Å². The number of benzene rings is 2. The monoisotopic (exact) mass is 457 g/mol. The van der Waals surface area contributed by atoms with E-state index in [2.05, 4.69) is 37.2 Å². The second-order valence-electron chi connectivity index (χ2n) is 8.80. The first kappa shape index (κ1) is 24.4.